The summed E-state index contributed by atoms with van der Waals surface area (Å²) in [6.07, 6.45) is -5.35. The van der Waals surface area contributed by atoms with Gasteiger partial charge in [0.05, 0.1) is 18.1 Å². The Morgan fingerprint density at radius 1 is 1.33 bits per heavy atom. The molecule has 0 bridgehead atoms. The highest BCUT2D eigenvalue weighted by Gasteiger charge is 2.34. The molecule has 0 spiro atoms. The van der Waals surface area contributed by atoms with Crippen molar-refractivity contribution < 1.29 is 17.6 Å². The quantitative estimate of drug-likeness (QED) is 0.685. The smallest absolute Gasteiger partial charge is 0.207 e. The topological polar surface area (TPSA) is 23.8 Å². The number of hydrogen-bond acceptors (Lipinski definition) is 1. The Kier molecular flexibility index (Phi) is 3.20. The zero-order chi connectivity index (χ0) is 11.6. The van der Waals surface area contributed by atoms with Crippen LogP contribution in [0.3, 0.4) is 0 Å². The van der Waals surface area contributed by atoms with Crippen LogP contribution in [-0.4, -0.2) is 0 Å². The van der Waals surface area contributed by atoms with Crippen molar-refractivity contribution in [1.82, 2.24) is 0 Å². The number of nitrogens with zero attached hydrogens (tertiary/aromatic N) is 1. The van der Waals surface area contributed by atoms with E-state index in [1.807, 2.05) is 0 Å². The molecular weight excluding hydrogens is 234 g/mol. The van der Waals surface area contributed by atoms with Crippen molar-refractivity contribution in [3.05, 3.63) is 34.1 Å². The van der Waals surface area contributed by atoms with Crippen LogP contribution in [0.1, 0.15) is 11.1 Å². The molecule has 0 heterocycles. The van der Waals surface area contributed by atoms with E-state index in [1.54, 1.807) is 0 Å². The lowest BCUT2D eigenvalue weighted by Crippen LogP contribution is -2.10. The second-order valence-corrected chi connectivity index (χ2v) is 3.18. The van der Waals surface area contributed by atoms with E-state index >= 15 is 0 Å². The van der Waals surface area contributed by atoms with Crippen molar-refractivity contribution in [3.63, 3.8) is 0 Å². The molecule has 0 unspecified atom stereocenters. The molecule has 80 valence electrons. The van der Waals surface area contributed by atoms with Crippen molar-refractivity contribution in [2.24, 2.45) is 0 Å². The van der Waals surface area contributed by atoms with Gasteiger partial charge in [-0.3, -0.25) is 0 Å². The van der Waals surface area contributed by atoms with Gasteiger partial charge in [-0.05, 0) is 12.1 Å². The van der Waals surface area contributed by atoms with E-state index in [-0.39, 0.29) is 5.02 Å². The molecule has 1 rings (SSSR count). The third-order valence-corrected chi connectivity index (χ3v) is 1.94. The van der Waals surface area contributed by atoms with Crippen LogP contribution in [0.25, 0.3) is 0 Å². The van der Waals surface area contributed by atoms with Gasteiger partial charge in [-0.25, -0.2) is 4.39 Å². The number of nitriles is 1. The summed E-state index contributed by atoms with van der Waals surface area (Å²) in [6, 6.07) is 2.84. The summed E-state index contributed by atoms with van der Waals surface area (Å²) in [4.78, 5) is 0. The molecule has 15 heavy (non-hydrogen) atoms. The third kappa shape index (κ3) is 2.60. The summed E-state index contributed by atoms with van der Waals surface area (Å²) in [5.74, 6) is -1.11. The van der Waals surface area contributed by atoms with Crippen molar-refractivity contribution in [3.8, 4) is 6.07 Å². The maximum absolute atomic E-state index is 13.1. The molecule has 1 nitrogen and oxygen atoms in total. The van der Waals surface area contributed by atoms with Crippen LogP contribution in [0.15, 0.2) is 12.1 Å². The fourth-order valence-electron chi connectivity index (χ4n) is 1.12. The molecule has 6 heteroatoms. The largest absolute Gasteiger partial charge is 0.416 e. The molecule has 0 saturated carbocycles. The minimum Gasteiger partial charge on any atom is -0.207 e. The van der Waals surface area contributed by atoms with Gasteiger partial charge in [0.2, 0.25) is 0 Å². The van der Waals surface area contributed by atoms with Crippen LogP contribution < -0.4 is 0 Å². The maximum atomic E-state index is 13.1. The summed E-state index contributed by atoms with van der Waals surface area (Å²) in [7, 11) is 0. The summed E-state index contributed by atoms with van der Waals surface area (Å²) in [5, 5.41) is 7.94. The van der Waals surface area contributed by atoms with E-state index in [1.165, 1.54) is 6.07 Å². The SMILES string of the molecule is N#CCc1c(F)cc(Cl)cc1C(F)(F)F. The zero-order valence-corrected chi connectivity index (χ0v) is 7.95. The summed E-state index contributed by atoms with van der Waals surface area (Å²) >= 11 is 5.31. The minimum atomic E-state index is -4.71. The maximum Gasteiger partial charge on any atom is 0.416 e. The van der Waals surface area contributed by atoms with E-state index in [0.717, 1.165) is 6.07 Å². The number of hydrogen-bond donors (Lipinski definition) is 0. The average molecular weight is 238 g/mol. The van der Waals surface area contributed by atoms with Gasteiger partial charge in [0.15, 0.2) is 0 Å². The zero-order valence-electron chi connectivity index (χ0n) is 7.20. The number of halogens is 5. The van der Waals surface area contributed by atoms with Gasteiger partial charge in [-0.1, -0.05) is 11.6 Å². The molecule has 0 N–H and O–H groups in total. The fourth-order valence-corrected chi connectivity index (χ4v) is 1.32. The van der Waals surface area contributed by atoms with Crippen LogP contribution in [-0.2, 0) is 12.6 Å². The Hall–Kier alpha value is -1.28. The third-order valence-electron chi connectivity index (χ3n) is 1.72. The van der Waals surface area contributed by atoms with E-state index in [0.29, 0.717) is 6.07 Å². The number of alkyl halides is 3. The molecule has 0 amide bonds. The van der Waals surface area contributed by atoms with Crippen LogP contribution in [0.5, 0.6) is 0 Å². The van der Waals surface area contributed by atoms with Crippen LogP contribution >= 0.6 is 11.6 Å². The first-order valence-electron chi connectivity index (χ1n) is 3.78. The monoisotopic (exact) mass is 237 g/mol. The Labute approximate surface area is 87.9 Å². The Bertz CT molecular complexity index is 419. The normalized spacial score (nSPS) is 11.2. The molecule has 0 aromatic heterocycles. The molecule has 1 aromatic carbocycles. The molecule has 0 aliphatic carbocycles. The van der Waals surface area contributed by atoms with Gasteiger partial charge in [-0.2, -0.15) is 18.4 Å². The van der Waals surface area contributed by atoms with E-state index in [2.05, 4.69) is 0 Å². The molecule has 0 aliphatic heterocycles. The molecular formula is C9H4ClF4N. The van der Waals surface area contributed by atoms with Crippen molar-refractivity contribution >= 4 is 11.6 Å². The minimum absolute atomic E-state index is 0.346. The van der Waals surface area contributed by atoms with Crippen LogP contribution in [0, 0.1) is 17.1 Å². The summed E-state index contributed by atoms with van der Waals surface area (Å²) in [5.41, 5.74) is -1.87. The van der Waals surface area contributed by atoms with Crippen molar-refractivity contribution in [1.29, 1.82) is 5.26 Å². The van der Waals surface area contributed by atoms with Crippen molar-refractivity contribution in [2.75, 3.05) is 0 Å². The molecule has 0 fully saturated rings. The van der Waals surface area contributed by atoms with Gasteiger partial charge in [0.25, 0.3) is 0 Å². The second kappa shape index (κ2) is 4.07. The highest BCUT2D eigenvalue weighted by molar-refractivity contribution is 6.30. The lowest BCUT2D eigenvalue weighted by atomic mass is 10.0. The average Bonchev–Trinajstić information content (AvgIpc) is 2.07. The van der Waals surface area contributed by atoms with Gasteiger partial charge < -0.3 is 0 Å². The van der Waals surface area contributed by atoms with Gasteiger partial charge in [-0.15, -0.1) is 0 Å². The Morgan fingerprint density at radius 3 is 2.40 bits per heavy atom. The molecule has 0 saturated heterocycles. The van der Waals surface area contributed by atoms with Gasteiger partial charge >= 0.3 is 6.18 Å². The van der Waals surface area contributed by atoms with Crippen LogP contribution in [0.2, 0.25) is 5.02 Å². The Morgan fingerprint density at radius 2 is 1.93 bits per heavy atom. The standard InChI is InChI=1S/C9H4ClF4N/c10-5-3-7(9(12,13)14)6(1-2-15)8(11)4-5/h3-4H,1H2. The summed E-state index contributed by atoms with van der Waals surface area (Å²) in [6.45, 7) is 0. The highest BCUT2D eigenvalue weighted by atomic mass is 35.5. The molecule has 1 aromatic rings. The molecule has 0 radical (unpaired) electrons. The number of rotatable bonds is 1. The predicted molar refractivity (Wildman–Crippen MR) is 45.7 cm³/mol. The summed E-state index contributed by atoms with van der Waals surface area (Å²) < 4.78 is 50.3. The van der Waals surface area contributed by atoms with E-state index in [9.17, 15) is 17.6 Å². The second-order valence-electron chi connectivity index (χ2n) is 2.75. The first-order chi connectivity index (χ1) is 6.86. The van der Waals surface area contributed by atoms with E-state index < -0.39 is 29.5 Å². The van der Waals surface area contributed by atoms with Crippen LogP contribution in [0.4, 0.5) is 17.6 Å². The first kappa shape index (κ1) is 11.8. The molecule has 0 atom stereocenters. The lowest BCUT2D eigenvalue weighted by molar-refractivity contribution is -0.138. The predicted octanol–water partition coefficient (Wildman–Crippen LogP) is 3.56. The highest BCUT2D eigenvalue weighted by Crippen LogP contribution is 2.35. The van der Waals surface area contributed by atoms with E-state index in [4.69, 9.17) is 16.9 Å². The fraction of sp³-hybridized carbons (Fsp3) is 0.222. The van der Waals surface area contributed by atoms with Crippen molar-refractivity contribution in [2.45, 2.75) is 12.6 Å². The molecule has 0 aliphatic rings. The van der Waals surface area contributed by atoms with Gasteiger partial charge in [0, 0.05) is 10.6 Å². The number of benzene rings is 1. The first-order valence-corrected chi connectivity index (χ1v) is 4.16. The lowest BCUT2D eigenvalue weighted by Gasteiger charge is -2.12. The van der Waals surface area contributed by atoms with Gasteiger partial charge in [0.1, 0.15) is 5.82 Å². The Balaban J connectivity index is 3.41.